The standard InChI is InChI=1S/C42H57N5O4S/c1-9-30(2)18-21-45(39(48)50-41(3,4)5)19-13-20-46(40(49)51-42(6,7)8)26-32-16-17-34(23-32)47-27-36(35-25-43-29-44-38(35)47)37-24-33(28-52-37)22-31-14-11-10-12-15-31/h9-12,14-15,24-25,27-29,32,34H,13,16-23,26H2,1-8H3/b30-9+/t32-,34+/m1/s1. The normalized spacial score (nSPS) is 16.7. The van der Waals surface area contributed by atoms with Gasteiger partial charge in [-0.15, -0.1) is 11.3 Å². The van der Waals surface area contributed by atoms with Crippen LogP contribution in [0.4, 0.5) is 9.59 Å². The van der Waals surface area contributed by atoms with Gasteiger partial charge in [-0.1, -0.05) is 42.0 Å². The Morgan fingerprint density at radius 2 is 1.65 bits per heavy atom. The number of amides is 2. The quantitative estimate of drug-likeness (QED) is 0.127. The maximum atomic E-state index is 13.6. The number of thiophene rings is 1. The predicted octanol–water partition coefficient (Wildman–Crippen LogP) is 10.3. The first-order valence-electron chi connectivity index (χ1n) is 18.7. The molecule has 52 heavy (non-hydrogen) atoms. The van der Waals surface area contributed by atoms with Gasteiger partial charge >= 0.3 is 12.2 Å². The van der Waals surface area contributed by atoms with Crippen LogP contribution in [0.25, 0.3) is 21.5 Å². The van der Waals surface area contributed by atoms with Crippen LogP contribution in [0.3, 0.4) is 0 Å². The number of nitrogens with zero attached hydrogens (tertiary/aromatic N) is 5. The molecule has 3 heterocycles. The lowest BCUT2D eigenvalue weighted by molar-refractivity contribution is 0.0186. The van der Waals surface area contributed by atoms with Gasteiger partial charge in [0.15, 0.2) is 0 Å². The molecule has 0 aliphatic heterocycles. The lowest BCUT2D eigenvalue weighted by Gasteiger charge is -2.31. The maximum Gasteiger partial charge on any atom is 0.410 e. The molecule has 10 heteroatoms. The molecule has 1 aromatic carbocycles. The van der Waals surface area contributed by atoms with Crippen LogP contribution in [-0.4, -0.2) is 73.9 Å². The minimum atomic E-state index is -0.608. The number of aromatic nitrogens is 3. The molecule has 2 amide bonds. The third kappa shape index (κ3) is 10.9. The van der Waals surface area contributed by atoms with Crippen LogP contribution < -0.4 is 0 Å². The van der Waals surface area contributed by atoms with E-state index in [-0.39, 0.29) is 18.2 Å². The summed E-state index contributed by atoms with van der Waals surface area (Å²) < 4.78 is 14.0. The van der Waals surface area contributed by atoms with Gasteiger partial charge < -0.3 is 23.8 Å². The summed E-state index contributed by atoms with van der Waals surface area (Å²) >= 11 is 1.77. The fourth-order valence-electron chi connectivity index (χ4n) is 6.80. The molecule has 0 N–H and O–H groups in total. The van der Waals surface area contributed by atoms with Crippen molar-refractivity contribution in [3.63, 3.8) is 0 Å². The molecule has 280 valence electrons. The van der Waals surface area contributed by atoms with E-state index in [2.05, 4.69) is 70.5 Å². The van der Waals surface area contributed by atoms with Gasteiger partial charge in [-0.3, -0.25) is 0 Å². The number of rotatable bonds is 13. The molecule has 3 aromatic heterocycles. The van der Waals surface area contributed by atoms with Gasteiger partial charge in [0, 0.05) is 60.4 Å². The van der Waals surface area contributed by atoms with E-state index in [0.717, 1.165) is 48.7 Å². The number of ether oxygens (including phenoxy) is 2. The highest BCUT2D eigenvalue weighted by Gasteiger charge is 2.32. The summed E-state index contributed by atoms with van der Waals surface area (Å²) in [6.45, 7) is 17.6. The Morgan fingerprint density at radius 3 is 2.35 bits per heavy atom. The van der Waals surface area contributed by atoms with Crippen molar-refractivity contribution in [2.24, 2.45) is 5.92 Å². The van der Waals surface area contributed by atoms with E-state index >= 15 is 0 Å². The van der Waals surface area contributed by atoms with Crippen molar-refractivity contribution in [3.8, 4) is 10.4 Å². The summed E-state index contributed by atoms with van der Waals surface area (Å²) in [5, 5.41) is 3.32. The first-order chi connectivity index (χ1) is 24.7. The molecule has 0 bridgehead atoms. The van der Waals surface area contributed by atoms with Crippen LogP contribution in [0.1, 0.15) is 105 Å². The van der Waals surface area contributed by atoms with Crippen molar-refractivity contribution in [1.29, 1.82) is 0 Å². The van der Waals surface area contributed by atoms with E-state index in [1.165, 1.54) is 21.6 Å². The number of hydrogen-bond acceptors (Lipinski definition) is 7. The highest BCUT2D eigenvalue weighted by molar-refractivity contribution is 7.13. The highest BCUT2D eigenvalue weighted by Crippen LogP contribution is 2.41. The zero-order valence-corrected chi connectivity index (χ0v) is 33.2. The van der Waals surface area contributed by atoms with E-state index in [1.54, 1.807) is 22.6 Å². The second kappa shape index (κ2) is 17.1. The van der Waals surface area contributed by atoms with Crippen molar-refractivity contribution in [2.75, 3.05) is 26.2 Å². The molecule has 4 aromatic rings. The highest BCUT2D eigenvalue weighted by atomic mass is 32.1. The lowest BCUT2D eigenvalue weighted by atomic mass is 10.1. The largest absolute Gasteiger partial charge is 0.444 e. The van der Waals surface area contributed by atoms with Gasteiger partial charge in [-0.2, -0.15) is 0 Å². The topological polar surface area (TPSA) is 89.8 Å². The lowest BCUT2D eigenvalue weighted by Crippen LogP contribution is -2.42. The molecule has 0 unspecified atom stereocenters. The van der Waals surface area contributed by atoms with E-state index in [1.807, 2.05) is 59.6 Å². The SMILES string of the molecule is C/C=C(\C)CCN(CCCN(C[C@@H]1CC[C@H](n2cc(-c3cc(Cc4ccccc4)cs3)c3cncnc32)C1)C(=O)OC(C)(C)C)C(=O)OC(C)(C)C. The molecular formula is C42H57N5O4S. The van der Waals surface area contributed by atoms with E-state index < -0.39 is 11.2 Å². The van der Waals surface area contributed by atoms with Gasteiger partial charge in [-0.25, -0.2) is 19.6 Å². The Hall–Kier alpha value is -4.18. The van der Waals surface area contributed by atoms with Crippen LogP contribution in [0, 0.1) is 5.92 Å². The second-order valence-electron chi connectivity index (χ2n) is 16.2. The summed E-state index contributed by atoms with van der Waals surface area (Å²) in [7, 11) is 0. The van der Waals surface area contributed by atoms with Gasteiger partial charge in [0.05, 0.1) is 0 Å². The average Bonchev–Trinajstić information content (AvgIpc) is 3.83. The van der Waals surface area contributed by atoms with Crippen LogP contribution in [-0.2, 0) is 15.9 Å². The number of benzene rings is 1. The summed E-state index contributed by atoms with van der Waals surface area (Å²) in [5.41, 5.74) is 4.75. The summed E-state index contributed by atoms with van der Waals surface area (Å²) in [4.78, 5) is 40.7. The molecule has 1 aliphatic rings. The van der Waals surface area contributed by atoms with Crippen LogP contribution >= 0.6 is 11.3 Å². The first kappa shape index (κ1) is 39.0. The van der Waals surface area contributed by atoms with E-state index in [0.29, 0.717) is 38.5 Å². The summed E-state index contributed by atoms with van der Waals surface area (Å²) in [5.74, 6) is 0.304. The van der Waals surface area contributed by atoms with Crippen molar-refractivity contribution in [3.05, 3.63) is 83.3 Å². The zero-order chi connectivity index (χ0) is 37.5. The van der Waals surface area contributed by atoms with Crippen molar-refractivity contribution >= 4 is 34.6 Å². The summed E-state index contributed by atoms with van der Waals surface area (Å²) in [6.07, 6.45) is 12.5. The minimum absolute atomic E-state index is 0.262. The first-order valence-corrected chi connectivity index (χ1v) is 19.6. The van der Waals surface area contributed by atoms with Gasteiger partial charge in [0.1, 0.15) is 23.2 Å². The molecule has 0 saturated heterocycles. The van der Waals surface area contributed by atoms with Crippen molar-refractivity contribution in [1.82, 2.24) is 24.3 Å². The van der Waals surface area contributed by atoms with Gasteiger partial charge in [-0.05, 0) is 122 Å². The van der Waals surface area contributed by atoms with E-state index in [4.69, 9.17) is 14.5 Å². The zero-order valence-electron chi connectivity index (χ0n) is 32.4. The third-order valence-electron chi connectivity index (χ3n) is 9.48. The number of hydrogen-bond donors (Lipinski definition) is 0. The third-order valence-corrected chi connectivity index (χ3v) is 10.5. The Morgan fingerprint density at radius 1 is 0.962 bits per heavy atom. The number of allylic oxidation sites excluding steroid dienone is 1. The maximum absolute atomic E-state index is 13.6. The molecule has 0 radical (unpaired) electrons. The Bertz CT molecular complexity index is 1820. The van der Waals surface area contributed by atoms with Gasteiger partial charge in [0.2, 0.25) is 0 Å². The van der Waals surface area contributed by atoms with Crippen LogP contribution in [0.5, 0.6) is 0 Å². The average molecular weight is 728 g/mol. The molecule has 1 fully saturated rings. The Labute approximate surface area is 314 Å². The summed E-state index contributed by atoms with van der Waals surface area (Å²) in [6, 6.07) is 13.1. The Kier molecular flexibility index (Phi) is 12.8. The van der Waals surface area contributed by atoms with Crippen molar-refractivity contribution in [2.45, 2.75) is 111 Å². The van der Waals surface area contributed by atoms with Crippen LogP contribution in [0.2, 0.25) is 0 Å². The second-order valence-corrected chi connectivity index (χ2v) is 17.1. The Balaban J connectivity index is 1.28. The smallest absolute Gasteiger partial charge is 0.410 e. The van der Waals surface area contributed by atoms with Crippen molar-refractivity contribution < 1.29 is 19.1 Å². The minimum Gasteiger partial charge on any atom is -0.444 e. The number of carbonyl (C=O) groups is 2. The monoisotopic (exact) mass is 727 g/mol. The molecule has 2 atom stereocenters. The molecule has 9 nitrogen and oxygen atoms in total. The molecule has 0 spiro atoms. The molecular weight excluding hydrogens is 671 g/mol. The predicted molar refractivity (Wildman–Crippen MR) is 211 cm³/mol. The molecule has 1 aliphatic carbocycles. The van der Waals surface area contributed by atoms with Gasteiger partial charge in [0.25, 0.3) is 0 Å². The van der Waals surface area contributed by atoms with Crippen LogP contribution in [0.15, 0.2) is 72.1 Å². The number of carbonyl (C=O) groups excluding carboxylic acids is 2. The van der Waals surface area contributed by atoms with E-state index in [9.17, 15) is 9.59 Å². The number of fused-ring (bicyclic) bond motifs is 1. The fourth-order valence-corrected chi connectivity index (χ4v) is 7.73. The molecule has 5 rings (SSSR count). The fraction of sp³-hybridized carbons (Fsp3) is 0.524. The molecule has 1 saturated carbocycles.